The monoisotopic (exact) mass is 228 g/mol. The van der Waals surface area contributed by atoms with Gasteiger partial charge in [-0.2, -0.15) is 0 Å². The van der Waals surface area contributed by atoms with Gasteiger partial charge in [0, 0.05) is 5.02 Å². The molecule has 0 aliphatic heterocycles. The quantitative estimate of drug-likeness (QED) is 0.586. The smallest absolute Gasteiger partial charge is 0.253 e. The van der Waals surface area contributed by atoms with Crippen molar-refractivity contribution < 1.29 is 9.85 Å². The third-order valence-electron chi connectivity index (χ3n) is 1.54. The lowest BCUT2D eigenvalue weighted by atomic mass is 10.2. The Labute approximate surface area is 89.1 Å². The van der Waals surface area contributed by atoms with Crippen LogP contribution in [0, 0.1) is 20.2 Å². The number of halogens is 1. The van der Waals surface area contributed by atoms with Crippen molar-refractivity contribution in [2.24, 2.45) is 0 Å². The van der Waals surface area contributed by atoms with Crippen molar-refractivity contribution in [3.63, 3.8) is 0 Å². The molecular weight excluding hydrogens is 224 g/mol. The first-order valence-corrected chi connectivity index (χ1v) is 4.14. The predicted molar refractivity (Wildman–Crippen MR) is 53.4 cm³/mol. The lowest BCUT2D eigenvalue weighted by Crippen LogP contribution is -2.08. The van der Waals surface area contributed by atoms with Crippen molar-refractivity contribution in [2.75, 3.05) is 0 Å². The van der Waals surface area contributed by atoms with Gasteiger partial charge in [-0.15, -0.1) is 0 Å². The second kappa shape index (κ2) is 4.52. The molecular formula is C8H5ClN2O4. The summed E-state index contributed by atoms with van der Waals surface area (Å²) in [7, 11) is 0. The maximum Gasteiger partial charge on any atom is 0.559 e. The molecule has 0 saturated carbocycles. The van der Waals surface area contributed by atoms with Crippen LogP contribution in [0.4, 0.5) is 0 Å². The van der Waals surface area contributed by atoms with Gasteiger partial charge in [-0.3, -0.25) is 20.2 Å². The molecule has 1 rings (SSSR count). The summed E-state index contributed by atoms with van der Waals surface area (Å²) in [6.07, 6.45) is 0.871. The Morgan fingerprint density at radius 1 is 1.13 bits per heavy atom. The largest absolute Gasteiger partial charge is 0.559 e. The molecule has 1 aromatic carbocycles. The fraction of sp³-hybridized carbons (Fsp3) is 0. The van der Waals surface area contributed by atoms with Crippen molar-refractivity contribution in [1.82, 2.24) is 0 Å². The third-order valence-corrected chi connectivity index (χ3v) is 1.79. The number of nitrogens with zero attached hydrogens (tertiary/aromatic N) is 2. The van der Waals surface area contributed by atoms with Crippen LogP contribution in [0.5, 0.6) is 0 Å². The topological polar surface area (TPSA) is 86.3 Å². The molecule has 15 heavy (non-hydrogen) atoms. The average Bonchev–Trinajstić information content (AvgIpc) is 2.15. The fourth-order valence-electron chi connectivity index (χ4n) is 0.880. The van der Waals surface area contributed by atoms with Gasteiger partial charge in [0.1, 0.15) is 15.9 Å². The molecule has 0 radical (unpaired) electrons. The van der Waals surface area contributed by atoms with Crippen LogP contribution < -0.4 is 0 Å². The van der Waals surface area contributed by atoms with E-state index in [1.807, 2.05) is 0 Å². The van der Waals surface area contributed by atoms with Gasteiger partial charge < -0.3 is 0 Å². The van der Waals surface area contributed by atoms with E-state index in [-0.39, 0.29) is 0 Å². The van der Waals surface area contributed by atoms with Crippen LogP contribution in [0.15, 0.2) is 30.1 Å². The van der Waals surface area contributed by atoms with Crippen LogP contribution in [0.3, 0.4) is 0 Å². The summed E-state index contributed by atoms with van der Waals surface area (Å²) in [4.78, 5) is 18.5. The van der Waals surface area contributed by atoms with Crippen molar-refractivity contribution >= 4 is 17.7 Å². The molecule has 1 aromatic rings. The van der Waals surface area contributed by atoms with Gasteiger partial charge in [-0.25, -0.2) is 0 Å². The molecule has 6 nitrogen and oxygen atoms in total. The summed E-state index contributed by atoms with van der Waals surface area (Å²) in [5.74, 6) is -1.07. The Morgan fingerprint density at radius 2 is 1.60 bits per heavy atom. The highest BCUT2D eigenvalue weighted by Gasteiger charge is 2.24. The maximum atomic E-state index is 10.3. The zero-order chi connectivity index (χ0) is 11.4. The van der Waals surface area contributed by atoms with Gasteiger partial charge in [0.05, 0.1) is 0 Å². The van der Waals surface area contributed by atoms with E-state index < -0.39 is 15.7 Å². The maximum absolute atomic E-state index is 10.3. The summed E-state index contributed by atoms with van der Waals surface area (Å²) in [6, 6.07) is 5.89. The number of hydrogen-bond acceptors (Lipinski definition) is 4. The van der Waals surface area contributed by atoms with E-state index in [4.69, 9.17) is 11.6 Å². The number of hydrogen-bond donors (Lipinski definition) is 0. The third kappa shape index (κ3) is 3.03. The van der Waals surface area contributed by atoms with E-state index in [1.54, 1.807) is 0 Å². The van der Waals surface area contributed by atoms with Gasteiger partial charge in [-0.1, -0.05) is 23.7 Å². The second-order valence-electron chi connectivity index (χ2n) is 2.57. The predicted octanol–water partition coefficient (Wildman–Crippen LogP) is 2.19. The van der Waals surface area contributed by atoms with E-state index in [1.165, 1.54) is 24.3 Å². The average molecular weight is 229 g/mol. The summed E-state index contributed by atoms with van der Waals surface area (Å²) in [5.41, 5.74) is 0.350. The minimum atomic E-state index is -1.07. The number of rotatable bonds is 3. The Hall–Kier alpha value is -1.95. The number of benzene rings is 1. The molecule has 0 saturated heterocycles. The van der Waals surface area contributed by atoms with Gasteiger partial charge >= 0.3 is 5.82 Å². The van der Waals surface area contributed by atoms with Gasteiger partial charge in [0.2, 0.25) is 0 Å². The molecule has 0 bridgehead atoms. The first-order valence-electron chi connectivity index (χ1n) is 3.77. The first kappa shape index (κ1) is 11.1. The fourth-order valence-corrected chi connectivity index (χ4v) is 1.01. The first-order chi connectivity index (χ1) is 7.00. The Balaban J connectivity index is 3.08. The van der Waals surface area contributed by atoms with Gasteiger partial charge in [0.25, 0.3) is 0 Å². The molecule has 0 spiro atoms. The molecule has 78 valence electrons. The van der Waals surface area contributed by atoms with Crippen molar-refractivity contribution in [2.45, 2.75) is 0 Å². The summed E-state index contributed by atoms with van der Waals surface area (Å²) in [5, 5.41) is 21.0. The molecule has 0 amide bonds. The van der Waals surface area contributed by atoms with Crippen LogP contribution in [-0.4, -0.2) is 9.85 Å². The minimum absolute atomic E-state index is 0.350. The molecule has 0 aliphatic rings. The van der Waals surface area contributed by atoms with E-state index >= 15 is 0 Å². The summed E-state index contributed by atoms with van der Waals surface area (Å²) >= 11 is 5.58. The Bertz CT molecular complexity index is 411. The summed E-state index contributed by atoms with van der Waals surface area (Å²) < 4.78 is 0. The van der Waals surface area contributed by atoms with E-state index in [2.05, 4.69) is 0 Å². The van der Waals surface area contributed by atoms with Crippen LogP contribution in [0.1, 0.15) is 5.56 Å². The molecule has 0 fully saturated rings. The van der Waals surface area contributed by atoms with Crippen LogP contribution in [0.25, 0.3) is 6.08 Å². The van der Waals surface area contributed by atoms with Crippen molar-refractivity contribution in [1.29, 1.82) is 0 Å². The lowest BCUT2D eigenvalue weighted by Gasteiger charge is -1.92. The standard InChI is InChI=1S/C8H5ClN2O4/c9-7-3-1-6(2-4-7)5-8(10(12)13)11(14)15/h1-5H. The number of nitro groups is 2. The van der Waals surface area contributed by atoms with Crippen molar-refractivity contribution in [3.05, 3.63) is 60.9 Å². The second-order valence-corrected chi connectivity index (χ2v) is 3.00. The van der Waals surface area contributed by atoms with E-state index in [0.29, 0.717) is 10.6 Å². The highest BCUT2D eigenvalue weighted by atomic mass is 35.5. The molecule has 0 aliphatic carbocycles. The zero-order valence-electron chi connectivity index (χ0n) is 7.29. The van der Waals surface area contributed by atoms with Crippen LogP contribution >= 0.6 is 11.6 Å². The van der Waals surface area contributed by atoms with E-state index in [0.717, 1.165) is 6.08 Å². The molecule has 0 aromatic heterocycles. The summed E-state index contributed by atoms with van der Waals surface area (Å²) in [6.45, 7) is 0. The highest BCUT2D eigenvalue weighted by molar-refractivity contribution is 6.30. The van der Waals surface area contributed by atoms with Gasteiger partial charge in [0.15, 0.2) is 0 Å². The van der Waals surface area contributed by atoms with Crippen LogP contribution in [0.2, 0.25) is 5.02 Å². The van der Waals surface area contributed by atoms with E-state index in [9.17, 15) is 20.2 Å². The Morgan fingerprint density at radius 3 is 2.00 bits per heavy atom. The molecule has 7 heteroatoms. The zero-order valence-corrected chi connectivity index (χ0v) is 8.05. The highest BCUT2D eigenvalue weighted by Crippen LogP contribution is 2.12. The van der Waals surface area contributed by atoms with Crippen molar-refractivity contribution in [3.8, 4) is 0 Å². The normalized spacial score (nSPS) is 9.40. The molecule has 0 unspecified atom stereocenters. The molecule has 0 atom stereocenters. The molecule has 0 heterocycles. The lowest BCUT2D eigenvalue weighted by molar-refractivity contribution is -0.613. The SMILES string of the molecule is O=[N+]([O-])C(=Cc1ccc(Cl)cc1)[N+](=O)[O-]. The molecule has 0 N–H and O–H groups in total. The van der Waals surface area contributed by atoms with Gasteiger partial charge in [-0.05, 0) is 17.7 Å². The minimum Gasteiger partial charge on any atom is -0.253 e. The van der Waals surface area contributed by atoms with Crippen LogP contribution in [-0.2, 0) is 0 Å². The Kier molecular flexibility index (Phi) is 3.35.